The van der Waals surface area contributed by atoms with Crippen LogP contribution in [-0.2, 0) is 22.2 Å². The molecule has 0 spiro atoms. The first-order chi connectivity index (χ1) is 11.0. The van der Waals surface area contributed by atoms with E-state index in [1.807, 2.05) is 0 Å². The molecule has 0 atom stereocenters. The summed E-state index contributed by atoms with van der Waals surface area (Å²) in [5.41, 5.74) is 3.11. The SMILES string of the molecule is CC(C)(C)c1cc(CN2CCNC(=O)CC2)c(O)c(C(C)(C)C)c1. The molecule has 1 heterocycles. The maximum absolute atomic E-state index is 11.5. The zero-order chi connectivity index (χ0) is 18.1. The Bertz CT molecular complexity index is 609. The van der Waals surface area contributed by atoms with Crippen molar-refractivity contribution in [1.82, 2.24) is 10.2 Å². The molecule has 0 saturated carbocycles. The smallest absolute Gasteiger partial charge is 0.221 e. The van der Waals surface area contributed by atoms with Crippen molar-refractivity contribution in [1.29, 1.82) is 0 Å². The molecule has 4 heteroatoms. The fourth-order valence-electron chi connectivity index (χ4n) is 3.03. The molecule has 134 valence electrons. The van der Waals surface area contributed by atoms with E-state index in [0.29, 0.717) is 25.3 Å². The number of carbonyl (C=O) groups is 1. The highest BCUT2D eigenvalue weighted by molar-refractivity contribution is 5.76. The van der Waals surface area contributed by atoms with E-state index in [2.05, 4.69) is 63.9 Å². The number of nitrogens with zero attached hydrogens (tertiary/aromatic N) is 1. The molecule has 1 saturated heterocycles. The number of phenolic OH excluding ortho intramolecular Hbond substituents is 1. The summed E-state index contributed by atoms with van der Waals surface area (Å²) in [5, 5.41) is 13.8. The summed E-state index contributed by atoms with van der Waals surface area (Å²) in [6.45, 7) is 15.9. The first-order valence-electron chi connectivity index (χ1n) is 8.84. The molecule has 1 aliphatic rings. The van der Waals surface area contributed by atoms with E-state index in [4.69, 9.17) is 0 Å². The summed E-state index contributed by atoms with van der Waals surface area (Å²) < 4.78 is 0. The van der Waals surface area contributed by atoms with Crippen molar-refractivity contribution >= 4 is 5.91 Å². The first kappa shape index (κ1) is 18.8. The maximum atomic E-state index is 11.5. The van der Waals surface area contributed by atoms with Crippen LogP contribution < -0.4 is 5.32 Å². The number of nitrogens with one attached hydrogen (secondary N) is 1. The molecule has 2 rings (SSSR count). The highest BCUT2D eigenvalue weighted by atomic mass is 16.3. The van der Waals surface area contributed by atoms with Gasteiger partial charge in [0, 0.05) is 38.2 Å². The first-order valence-corrected chi connectivity index (χ1v) is 8.84. The Kier molecular flexibility index (Phi) is 5.28. The second-order valence-corrected chi connectivity index (χ2v) is 8.91. The summed E-state index contributed by atoms with van der Waals surface area (Å²) in [6, 6.07) is 4.27. The molecular weight excluding hydrogens is 300 g/mol. The Morgan fingerprint density at radius 2 is 1.75 bits per heavy atom. The van der Waals surface area contributed by atoms with Crippen molar-refractivity contribution in [3.05, 3.63) is 28.8 Å². The normalized spacial score (nSPS) is 17.5. The number of aromatic hydroxyl groups is 1. The lowest BCUT2D eigenvalue weighted by Gasteiger charge is -2.29. The van der Waals surface area contributed by atoms with Crippen LogP contribution in [0.25, 0.3) is 0 Å². The lowest BCUT2D eigenvalue weighted by atomic mass is 9.79. The van der Waals surface area contributed by atoms with Gasteiger partial charge in [0.1, 0.15) is 5.75 Å². The van der Waals surface area contributed by atoms with Crippen molar-refractivity contribution in [2.75, 3.05) is 19.6 Å². The highest BCUT2D eigenvalue weighted by Crippen LogP contribution is 2.38. The van der Waals surface area contributed by atoms with Gasteiger partial charge in [0.15, 0.2) is 0 Å². The summed E-state index contributed by atoms with van der Waals surface area (Å²) in [6.07, 6.45) is 0.520. The minimum Gasteiger partial charge on any atom is -0.507 e. The minimum absolute atomic E-state index is 0.0265. The second-order valence-electron chi connectivity index (χ2n) is 8.91. The zero-order valence-corrected chi connectivity index (χ0v) is 16.0. The van der Waals surface area contributed by atoms with E-state index >= 15 is 0 Å². The second kappa shape index (κ2) is 6.75. The topological polar surface area (TPSA) is 52.6 Å². The monoisotopic (exact) mass is 332 g/mol. The van der Waals surface area contributed by atoms with E-state index in [1.165, 1.54) is 5.56 Å². The van der Waals surface area contributed by atoms with Crippen LogP contribution in [0.15, 0.2) is 12.1 Å². The van der Waals surface area contributed by atoms with Crippen molar-refractivity contribution in [3.63, 3.8) is 0 Å². The molecule has 0 aromatic heterocycles. The van der Waals surface area contributed by atoms with Gasteiger partial charge in [-0.2, -0.15) is 0 Å². The Balaban J connectivity index is 2.39. The Labute approximate surface area is 146 Å². The third-order valence-electron chi connectivity index (χ3n) is 4.66. The van der Waals surface area contributed by atoms with Gasteiger partial charge in [-0.15, -0.1) is 0 Å². The average molecular weight is 332 g/mol. The van der Waals surface area contributed by atoms with E-state index < -0.39 is 0 Å². The number of rotatable bonds is 2. The quantitative estimate of drug-likeness (QED) is 0.873. The van der Waals surface area contributed by atoms with Gasteiger partial charge < -0.3 is 10.4 Å². The van der Waals surface area contributed by atoms with Crippen molar-refractivity contribution < 1.29 is 9.90 Å². The van der Waals surface area contributed by atoms with Crippen LogP contribution in [0.1, 0.15) is 64.7 Å². The Hall–Kier alpha value is -1.55. The van der Waals surface area contributed by atoms with E-state index in [9.17, 15) is 9.90 Å². The van der Waals surface area contributed by atoms with Crippen molar-refractivity contribution in [2.24, 2.45) is 0 Å². The third kappa shape index (κ3) is 4.50. The lowest BCUT2D eigenvalue weighted by molar-refractivity contribution is -0.120. The number of amides is 1. The van der Waals surface area contributed by atoms with Crippen LogP contribution in [0.5, 0.6) is 5.75 Å². The van der Waals surface area contributed by atoms with Crippen LogP contribution in [0.2, 0.25) is 0 Å². The largest absolute Gasteiger partial charge is 0.507 e. The van der Waals surface area contributed by atoms with Gasteiger partial charge >= 0.3 is 0 Å². The van der Waals surface area contributed by atoms with Crippen molar-refractivity contribution in [3.8, 4) is 5.75 Å². The average Bonchev–Trinajstić information content (AvgIpc) is 2.63. The predicted molar refractivity (Wildman–Crippen MR) is 98.4 cm³/mol. The fourth-order valence-corrected chi connectivity index (χ4v) is 3.03. The molecule has 1 aromatic rings. The molecular formula is C20H32N2O2. The molecule has 0 aliphatic carbocycles. The van der Waals surface area contributed by atoms with Gasteiger partial charge in [0.2, 0.25) is 5.91 Å². The maximum Gasteiger partial charge on any atom is 0.221 e. The van der Waals surface area contributed by atoms with Crippen molar-refractivity contribution in [2.45, 2.75) is 65.3 Å². The van der Waals surface area contributed by atoms with Gasteiger partial charge in [-0.1, -0.05) is 53.7 Å². The standard InChI is InChI=1S/C20H32N2O2/c1-19(2,3)15-11-14(18(24)16(12-15)20(4,5)6)13-22-9-7-17(23)21-8-10-22/h11-12,24H,7-10,13H2,1-6H3,(H,21,23). The predicted octanol–water partition coefficient (Wildman–Crippen LogP) is 3.31. The summed E-state index contributed by atoms with van der Waals surface area (Å²) >= 11 is 0. The molecule has 1 aromatic carbocycles. The number of hydrogen-bond donors (Lipinski definition) is 2. The van der Waals surface area contributed by atoms with Crippen LogP contribution in [0.3, 0.4) is 0 Å². The molecule has 0 unspecified atom stereocenters. The van der Waals surface area contributed by atoms with Gasteiger partial charge in [0.25, 0.3) is 0 Å². The number of carbonyl (C=O) groups excluding carboxylic acids is 1. The molecule has 1 fully saturated rings. The summed E-state index contributed by atoms with van der Waals surface area (Å²) in [5.74, 6) is 0.513. The van der Waals surface area contributed by atoms with Gasteiger partial charge in [-0.3, -0.25) is 9.69 Å². The molecule has 1 aliphatic heterocycles. The van der Waals surface area contributed by atoms with Gasteiger partial charge in [-0.25, -0.2) is 0 Å². The highest BCUT2D eigenvalue weighted by Gasteiger charge is 2.26. The zero-order valence-electron chi connectivity index (χ0n) is 16.0. The summed E-state index contributed by atoms with van der Waals surface area (Å²) in [4.78, 5) is 13.8. The molecule has 2 N–H and O–H groups in total. The molecule has 0 radical (unpaired) electrons. The molecule has 0 bridgehead atoms. The number of hydrogen-bond acceptors (Lipinski definition) is 3. The lowest BCUT2D eigenvalue weighted by Crippen LogP contribution is -2.28. The van der Waals surface area contributed by atoms with Crippen LogP contribution >= 0.6 is 0 Å². The van der Waals surface area contributed by atoms with E-state index in [1.54, 1.807) is 0 Å². The van der Waals surface area contributed by atoms with Gasteiger partial charge in [0.05, 0.1) is 0 Å². The third-order valence-corrected chi connectivity index (χ3v) is 4.66. The Morgan fingerprint density at radius 3 is 2.33 bits per heavy atom. The van der Waals surface area contributed by atoms with E-state index in [-0.39, 0.29) is 16.7 Å². The Morgan fingerprint density at radius 1 is 1.08 bits per heavy atom. The van der Waals surface area contributed by atoms with E-state index in [0.717, 1.165) is 24.2 Å². The molecule has 4 nitrogen and oxygen atoms in total. The van der Waals surface area contributed by atoms with Crippen LogP contribution in [-0.4, -0.2) is 35.5 Å². The minimum atomic E-state index is -0.115. The number of phenols is 1. The van der Waals surface area contributed by atoms with Gasteiger partial charge in [-0.05, 0) is 22.0 Å². The fraction of sp³-hybridized carbons (Fsp3) is 0.650. The molecule has 24 heavy (non-hydrogen) atoms. The summed E-state index contributed by atoms with van der Waals surface area (Å²) in [7, 11) is 0. The van der Waals surface area contributed by atoms with Crippen LogP contribution in [0.4, 0.5) is 0 Å². The number of benzene rings is 1. The molecule has 1 amide bonds. The van der Waals surface area contributed by atoms with Crippen LogP contribution in [0, 0.1) is 0 Å².